The van der Waals surface area contributed by atoms with Crippen LogP contribution in [0.2, 0.25) is 0 Å². The number of nitrogens with one attached hydrogen (secondary N) is 1. The van der Waals surface area contributed by atoms with Gasteiger partial charge in [-0.2, -0.15) is 0 Å². The first kappa shape index (κ1) is 19.3. The van der Waals surface area contributed by atoms with Gasteiger partial charge in [-0.1, -0.05) is 30.3 Å². The van der Waals surface area contributed by atoms with Crippen molar-refractivity contribution < 1.29 is 9.59 Å². The van der Waals surface area contributed by atoms with Crippen molar-refractivity contribution >= 4 is 11.8 Å². The maximum atomic E-state index is 12.8. The average molecular weight is 408 g/mol. The van der Waals surface area contributed by atoms with Gasteiger partial charge in [-0.05, 0) is 49.0 Å². The molecule has 7 nitrogen and oxygen atoms in total. The maximum Gasteiger partial charge on any atom is 0.289 e. The normalized spacial score (nSPS) is 23.3. The summed E-state index contributed by atoms with van der Waals surface area (Å²) >= 11 is 0. The summed E-state index contributed by atoms with van der Waals surface area (Å²) in [6.07, 6.45) is 6.66. The molecule has 1 atom stereocenters. The Morgan fingerprint density at radius 3 is 2.67 bits per heavy atom. The highest BCUT2D eigenvalue weighted by Gasteiger charge is 2.41. The van der Waals surface area contributed by atoms with Crippen LogP contribution in [0.1, 0.15) is 54.1 Å². The summed E-state index contributed by atoms with van der Waals surface area (Å²) in [6, 6.07) is 9.96. The Hall–Kier alpha value is -2.70. The molecule has 2 amide bonds. The Balaban J connectivity index is 1.22. The number of benzene rings is 1. The molecular weight excluding hydrogens is 378 g/mol. The van der Waals surface area contributed by atoms with Gasteiger partial charge in [0.1, 0.15) is 5.82 Å². The van der Waals surface area contributed by atoms with Gasteiger partial charge in [0.2, 0.25) is 11.7 Å². The van der Waals surface area contributed by atoms with E-state index in [2.05, 4.69) is 15.5 Å². The fraction of sp³-hybridized carbons (Fsp3) is 0.565. The number of nitrogens with zero attached hydrogens (tertiary/aromatic N) is 4. The summed E-state index contributed by atoms with van der Waals surface area (Å²) < 4.78 is 2.01. The SMILES string of the molecule is O=C(NCC1CC1)c1nnc2n1CC[C@]1(CC2)CCN(C(=O)Cc2ccccc2)C1. The van der Waals surface area contributed by atoms with Crippen LogP contribution in [0.4, 0.5) is 0 Å². The predicted molar refractivity (Wildman–Crippen MR) is 112 cm³/mol. The first-order valence-corrected chi connectivity index (χ1v) is 11.1. The summed E-state index contributed by atoms with van der Waals surface area (Å²) in [7, 11) is 0. The van der Waals surface area contributed by atoms with Gasteiger partial charge in [0.15, 0.2) is 0 Å². The molecule has 1 saturated heterocycles. The highest BCUT2D eigenvalue weighted by atomic mass is 16.2. The van der Waals surface area contributed by atoms with E-state index in [1.165, 1.54) is 12.8 Å². The number of hydrogen-bond acceptors (Lipinski definition) is 4. The molecule has 7 heteroatoms. The molecular formula is C23H29N5O2. The molecule has 0 bridgehead atoms. The standard InChI is InChI=1S/C23H29N5O2/c29-20(14-17-4-2-1-3-5-17)27-12-10-23(16-27)9-8-19-25-26-21(28(19)13-11-23)22(30)24-15-18-6-7-18/h1-5,18H,6-16H2,(H,24,30)/t23-/m0/s1. The van der Waals surface area contributed by atoms with Crippen molar-refractivity contribution in [1.29, 1.82) is 0 Å². The second-order valence-corrected chi connectivity index (χ2v) is 9.22. The summed E-state index contributed by atoms with van der Waals surface area (Å²) in [4.78, 5) is 27.4. The molecule has 1 saturated carbocycles. The molecule has 158 valence electrons. The number of likely N-dealkylation sites (tertiary alicyclic amines) is 1. The van der Waals surface area contributed by atoms with Gasteiger partial charge < -0.3 is 14.8 Å². The van der Waals surface area contributed by atoms with Gasteiger partial charge in [-0.25, -0.2) is 0 Å². The molecule has 3 aliphatic rings. The van der Waals surface area contributed by atoms with Crippen molar-refractivity contribution in [3.63, 3.8) is 0 Å². The average Bonchev–Trinajstić information content (AvgIpc) is 3.40. The fourth-order valence-electron chi connectivity index (χ4n) is 4.85. The third kappa shape index (κ3) is 3.98. The zero-order valence-electron chi connectivity index (χ0n) is 17.3. The fourth-order valence-corrected chi connectivity index (χ4v) is 4.85. The summed E-state index contributed by atoms with van der Waals surface area (Å²) in [5.74, 6) is 2.08. The van der Waals surface area contributed by atoms with Crippen LogP contribution in [0.3, 0.4) is 0 Å². The van der Waals surface area contributed by atoms with E-state index in [0.717, 1.165) is 63.3 Å². The molecule has 1 N–H and O–H groups in total. The van der Waals surface area contributed by atoms with Crippen LogP contribution in [-0.4, -0.2) is 51.1 Å². The number of carbonyl (C=O) groups is 2. The summed E-state index contributed by atoms with van der Waals surface area (Å²) in [6.45, 7) is 3.11. The van der Waals surface area contributed by atoms with Gasteiger partial charge in [-0.3, -0.25) is 9.59 Å². The lowest BCUT2D eigenvalue weighted by molar-refractivity contribution is -0.129. The lowest BCUT2D eigenvalue weighted by Gasteiger charge is -2.27. The van der Waals surface area contributed by atoms with Crippen molar-refractivity contribution in [2.45, 2.75) is 51.5 Å². The predicted octanol–water partition coefficient (Wildman–Crippen LogP) is 2.22. The maximum absolute atomic E-state index is 12.8. The molecule has 0 unspecified atom stereocenters. The first-order chi connectivity index (χ1) is 14.6. The lowest BCUT2D eigenvalue weighted by Crippen LogP contribution is -2.33. The van der Waals surface area contributed by atoms with E-state index in [1.807, 2.05) is 39.8 Å². The van der Waals surface area contributed by atoms with Crippen LogP contribution < -0.4 is 5.32 Å². The van der Waals surface area contributed by atoms with Crippen LogP contribution in [-0.2, 0) is 24.2 Å². The van der Waals surface area contributed by atoms with Gasteiger partial charge in [0, 0.05) is 32.6 Å². The third-order valence-electron chi connectivity index (χ3n) is 7.01. The van der Waals surface area contributed by atoms with Crippen molar-refractivity contribution in [1.82, 2.24) is 25.0 Å². The Kier molecular flexibility index (Phi) is 5.05. The van der Waals surface area contributed by atoms with E-state index in [4.69, 9.17) is 0 Å². The van der Waals surface area contributed by atoms with Crippen molar-refractivity contribution in [3.8, 4) is 0 Å². The van der Waals surface area contributed by atoms with Gasteiger partial charge in [-0.15, -0.1) is 10.2 Å². The van der Waals surface area contributed by atoms with Crippen LogP contribution in [0.25, 0.3) is 0 Å². The lowest BCUT2D eigenvalue weighted by atomic mass is 9.80. The molecule has 1 aromatic carbocycles. The molecule has 2 aromatic rings. The zero-order chi connectivity index (χ0) is 20.6. The molecule has 5 rings (SSSR count). The second kappa shape index (κ2) is 7.85. The molecule has 30 heavy (non-hydrogen) atoms. The van der Waals surface area contributed by atoms with Crippen LogP contribution in [0.5, 0.6) is 0 Å². The van der Waals surface area contributed by atoms with E-state index in [-0.39, 0.29) is 17.2 Å². The van der Waals surface area contributed by atoms with Gasteiger partial charge in [0.05, 0.1) is 6.42 Å². The minimum absolute atomic E-state index is 0.109. The van der Waals surface area contributed by atoms with Crippen LogP contribution >= 0.6 is 0 Å². The number of rotatable bonds is 5. The smallest absolute Gasteiger partial charge is 0.289 e. The number of aromatic nitrogens is 3. The Bertz CT molecular complexity index is 936. The van der Waals surface area contributed by atoms with Crippen LogP contribution in [0.15, 0.2) is 30.3 Å². The minimum Gasteiger partial charge on any atom is -0.349 e. The van der Waals surface area contributed by atoms with E-state index in [1.54, 1.807) is 0 Å². The molecule has 1 aliphatic carbocycles. The highest BCUT2D eigenvalue weighted by molar-refractivity contribution is 5.90. The largest absolute Gasteiger partial charge is 0.349 e. The van der Waals surface area contributed by atoms with E-state index >= 15 is 0 Å². The molecule has 2 aliphatic heterocycles. The van der Waals surface area contributed by atoms with Crippen LogP contribution in [0, 0.1) is 11.3 Å². The molecule has 0 radical (unpaired) electrons. The van der Waals surface area contributed by atoms with Crippen molar-refractivity contribution in [2.24, 2.45) is 11.3 Å². The Labute approximate surface area is 176 Å². The number of carbonyl (C=O) groups excluding carboxylic acids is 2. The highest BCUT2D eigenvalue weighted by Crippen LogP contribution is 2.41. The zero-order valence-corrected chi connectivity index (χ0v) is 17.3. The van der Waals surface area contributed by atoms with Crippen molar-refractivity contribution in [3.05, 3.63) is 47.5 Å². The second-order valence-electron chi connectivity index (χ2n) is 9.22. The Morgan fingerprint density at radius 1 is 1.07 bits per heavy atom. The van der Waals surface area contributed by atoms with E-state index < -0.39 is 0 Å². The van der Waals surface area contributed by atoms with Gasteiger partial charge in [0.25, 0.3) is 5.91 Å². The number of amides is 2. The number of fused-ring (bicyclic) bond motifs is 1. The van der Waals surface area contributed by atoms with Crippen molar-refractivity contribution in [2.75, 3.05) is 19.6 Å². The Morgan fingerprint density at radius 2 is 1.87 bits per heavy atom. The summed E-state index contributed by atoms with van der Waals surface area (Å²) in [5, 5.41) is 11.5. The number of aryl methyl sites for hydroxylation is 1. The quantitative estimate of drug-likeness (QED) is 0.824. The van der Waals surface area contributed by atoms with E-state index in [0.29, 0.717) is 18.2 Å². The van der Waals surface area contributed by atoms with Gasteiger partial charge >= 0.3 is 0 Å². The topological polar surface area (TPSA) is 80.1 Å². The molecule has 1 spiro atoms. The van der Waals surface area contributed by atoms with E-state index in [9.17, 15) is 9.59 Å². The monoisotopic (exact) mass is 407 g/mol. The minimum atomic E-state index is -0.109. The third-order valence-corrected chi connectivity index (χ3v) is 7.01. The first-order valence-electron chi connectivity index (χ1n) is 11.1. The molecule has 3 heterocycles. The number of hydrogen-bond donors (Lipinski definition) is 1. The summed E-state index contributed by atoms with van der Waals surface area (Å²) in [5.41, 5.74) is 1.19. The molecule has 1 aromatic heterocycles. The molecule has 2 fully saturated rings.